The van der Waals surface area contributed by atoms with E-state index >= 15 is 0 Å². The number of likely N-dealkylation sites (N-methyl/N-ethyl adjacent to an activating group) is 1. The minimum atomic E-state index is -3.29. The third kappa shape index (κ3) is 4.22. The van der Waals surface area contributed by atoms with Crippen LogP contribution in [-0.4, -0.2) is 57.1 Å². The van der Waals surface area contributed by atoms with Gasteiger partial charge in [-0.3, -0.25) is 4.79 Å². The summed E-state index contributed by atoms with van der Waals surface area (Å²) in [5.41, 5.74) is 0. The molecule has 0 spiro atoms. The van der Waals surface area contributed by atoms with E-state index in [2.05, 4.69) is 17.6 Å². The molecule has 0 aromatic heterocycles. The molecule has 18 heavy (non-hydrogen) atoms. The zero-order valence-corrected chi connectivity index (χ0v) is 12.1. The molecule has 106 valence electrons. The van der Waals surface area contributed by atoms with Crippen molar-refractivity contribution >= 4 is 15.9 Å². The van der Waals surface area contributed by atoms with Crippen LogP contribution in [0, 0.1) is 5.92 Å². The lowest BCUT2D eigenvalue weighted by Crippen LogP contribution is -2.52. The zero-order chi connectivity index (χ0) is 13.8. The number of hydrogen-bond donors (Lipinski definition) is 2. The molecule has 2 unspecified atom stereocenters. The summed E-state index contributed by atoms with van der Waals surface area (Å²) in [6.45, 7) is 5.27. The Hall–Kier alpha value is -0.660. The highest BCUT2D eigenvalue weighted by molar-refractivity contribution is 7.89. The number of nitrogens with one attached hydrogen (secondary N) is 2. The number of carbonyl (C=O) groups is 1. The van der Waals surface area contributed by atoms with Crippen LogP contribution < -0.4 is 10.6 Å². The monoisotopic (exact) mass is 277 g/mol. The predicted octanol–water partition coefficient (Wildman–Crippen LogP) is -0.618. The van der Waals surface area contributed by atoms with E-state index < -0.39 is 10.0 Å². The van der Waals surface area contributed by atoms with Crippen molar-refractivity contribution in [2.75, 3.05) is 32.4 Å². The van der Waals surface area contributed by atoms with Gasteiger partial charge in [0, 0.05) is 19.6 Å². The van der Waals surface area contributed by atoms with Crippen molar-refractivity contribution < 1.29 is 13.2 Å². The first kappa shape index (κ1) is 15.4. The lowest BCUT2D eigenvalue weighted by molar-refractivity contribution is -0.122. The first-order valence-electron chi connectivity index (χ1n) is 6.31. The van der Waals surface area contributed by atoms with E-state index in [1.807, 2.05) is 0 Å². The van der Waals surface area contributed by atoms with E-state index in [1.165, 1.54) is 7.05 Å². The Morgan fingerprint density at radius 1 is 1.50 bits per heavy atom. The molecule has 0 radical (unpaired) electrons. The van der Waals surface area contributed by atoms with Crippen molar-refractivity contribution in [2.45, 2.75) is 26.3 Å². The molecule has 1 rings (SSSR count). The van der Waals surface area contributed by atoms with Gasteiger partial charge in [-0.15, -0.1) is 0 Å². The third-order valence-corrected chi connectivity index (χ3v) is 5.19. The number of sulfonamides is 1. The molecule has 2 N–H and O–H groups in total. The fraction of sp³-hybridized carbons (Fsp3) is 0.909. The Morgan fingerprint density at radius 2 is 2.17 bits per heavy atom. The van der Waals surface area contributed by atoms with Crippen molar-refractivity contribution in [1.82, 2.24) is 14.9 Å². The van der Waals surface area contributed by atoms with E-state index in [0.29, 0.717) is 5.92 Å². The highest BCUT2D eigenvalue weighted by Gasteiger charge is 2.24. The number of rotatable bonds is 5. The van der Waals surface area contributed by atoms with E-state index in [0.717, 1.165) is 23.8 Å². The average molecular weight is 277 g/mol. The summed E-state index contributed by atoms with van der Waals surface area (Å²) >= 11 is 0. The molecule has 2 atom stereocenters. The first-order chi connectivity index (χ1) is 8.36. The van der Waals surface area contributed by atoms with Gasteiger partial charge in [0.15, 0.2) is 0 Å². The van der Waals surface area contributed by atoms with Crippen LogP contribution in [0.15, 0.2) is 0 Å². The minimum Gasteiger partial charge on any atom is -0.351 e. The molecule has 0 bridgehead atoms. The molecule has 1 amide bonds. The van der Waals surface area contributed by atoms with Gasteiger partial charge in [-0.05, 0) is 25.8 Å². The molecule has 1 heterocycles. The molecular formula is C11H23N3O3S. The first-order valence-corrected chi connectivity index (χ1v) is 7.91. The summed E-state index contributed by atoms with van der Waals surface area (Å²) in [6, 6.07) is 0.0870. The smallest absolute Gasteiger partial charge is 0.235 e. The second-order valence-corrected chi connectivity index (χ2v) is 7.17. The highest BCUT2D eigenvalue weighted by Crippen LogP contribution is 2.11. The van der Waals surface area contributed by atoms with Gasteiger partial charge in [-0.1, -0.05) is 6.92 Å². The van der Waals surface area contributed by atoms with Crippen LogP contribution in [0.4, 0.5) is 0 Å². The second kappa shape index (κ2) is 6.49. The van der Waals surface area contributed by atoms with Gasteiger partial charge < -0.3 is 10.6 Å². The molecule has 0 saturated carbocycles. The number of nitrogens with zero attached hydrogens (tertiary/aromatic N) is 1. The number of piperidine rings is 1. The Bertz CT molecular complexity index is 383. The number of hydrogen-bond acceptors (Lipinski definition) is 4. The lowest BCUT2D eigenvalue weighted by Gasteiger charge is -2.30. The normalized spacial score (nSPS) is 25.1. The summed E-state index contributed by atoms with van der Waals surface area (Å²) in [7, 11) is -1.86. The van der Waals surface area contributed by atoms with Gasteiger partial charge in [0.1, 0.15) is 0 Å². The summed E-state index contributed by atoms with van der Waals surface area (Å²) in [4.78, 5) is 11.8. The molecule has 1 saturated heterocycles. The molecular weight excluding hydrogens is 254 g/mol. The van der Waals surface area contributed by atoms with Gasteiger partial charge in [0.2, 0.25) is 15.9 Å². The number of amides is 1. The maximum Gasteiger partial charge on any atom is 0.235 e. The molecule has 1 fully saturated rings. The van der Waals surface area contributed by atoms with Crippen LogP contribution in [0.2, 0.25) is 0 Å². The van der Waals surface area contributed by atoms with E-state index in [1.54, 1.807) is 6.92 Å². The van der Waals surface area contributed by atoms with Crippen molar-refractivity contribution in [3.63, 3.8) is 0 Å². The van der Waals surface area contributed by atoms with Crippen molar-refractivity contribution in [2.24, 2.45) is 5.92 Å². The molecule has 1 aliphatic rings. The van der Waals surface area contributed by atoms with E-state index in [4.69, 9.17) is 0 Å². The van der Waals surface area contributed by atoms with Crippen LogP contribution in [0.1, 0.15) is 20.3 Å². The SMILES string of the molecule is CCS(=O)(=O)N(C)CC(=O)NC1CNCCC1C. The fourth-order valence-electron chi connectivity index (χ4n) is 1.96. The molecule has 0 aromatic rings. The zero-order valence-electron chi connectivity index (χ0n) is 11.3. The van der Waals surface area contributed by atoms with Crippen LogP contribution in [0.5, 0.6) is 0 Å². The third-order valence-electron chi connectivity index (χ3n) is 3.38. The molecule has 6 nitrogen and oxygen atoms in total. The van der Waals surface area contributed by atoms with Gasteiger partial charge in [0.05, 0.1) is 12.3 Å². The molecule has 7 heteroatoms. The molecule has 1 aliphatic heterocycles. The summed E-state index contributed by atoms with van der Waals surface area (Å²) < 4.78 is 24.2. The summed E-state index contributed by atoms with van der Waals surface area (Å²) in [6.07, 6.45) is 1.02. The summed E-state index contributed by atoms with van der Waals surface area (Å²) in [5, 5.41) is 6.11. The number of carbonyl (C=O) groups excluding carboxylic acids is 1. The predicted molar refractivity (Wildman–Crippen MR) is 70.7 cm³/mol. The van der Waals surface area contributed by atoms with Crippen molar-refractivity contribution in [3.8, 4) is 0 Å². The Kier molecular flexibility index (Phi) is 5.55. The van der Waals surface area contributed by atoms with Crippen molar-refractivity contribution in [3.05, 3.63) is 0 Å². The van der Waals surface area contributed by atoms with Crippen molar-refractivity contribution in [1.29, 1.82) is 0 Å². The summed E-state index contributed by atoms with van der Waals surface area (Å²) in [5.74, 6) is 0.191. The molecule has 0 aromatic carbocycles. The lowest BCUT2D eigenvalue weighted by atomic mass is 9.95. The van der Waals surface area contributed by atoms with Crippen LogP contribution >= 0.6 is 0 Å². The highest BCUT2D eigenvalue weighted by atomic mass is 32.2. The van der Waals surface area contributed by atoms with Gasteiger partial charge in [0.25, 0.3) is 0 Å². The molecule has 0 aliphatic carbocycles. The minimum absolute atomic E-state index is 0.0121. The Balaban J connectivity index is 2.46. The maximum absolute atomic E-state index is 11.8. The van der Waals surface area contributed by atoms with E-state index in [9.17, 15) is 13.2 Å². The Labute approximate surface area is 109 Å². The van der Waals surface area contributed by atoms with Crippen LogP contribution in [0.25, 0.3) is 0 Å². The maximum atomic E-state index is 11.8. The van der Waals surface area contributed by atoms with Crippen LogP contribution in [-0.2, 0) is 14.8 Å². The van der Waals surface area contributed by atoms with E-state index in [-0.39, 0.29) is 24.2 Å². The second-order valence-electron chi connectivity index (χ2n) is 4.80. The van der Waals surface area contributed by atoms with Gasteiger partial charge in [-0.25, -0.2) is 8.42 Å². The van der Waals surface area contributed by atoms with Crippen LogP contribution in [0.3, 0.4) is 0 Å². The fourth-order valence-corrected chi connectivity index (χ4v) is 2.71. The van der Waals surface area contributed by atoms with Gasteiger partial charge >= 0.3 is 0 Å². The van der Waals surface area contributed by atoms with Gasteiger partial charge in [-0.2, -0.15) is 4.31 Å². The standard InChI is InChI=1S/C11H23N3O3S/c1-4-18(16,17)14(3)8-11(15)13-10-7-12-6-5-9(10)2/h9-10,12H,4-8H2,1-3H3,(H,13,15). The topological polar surface area (TPSA) is 78.5 Å². The largest absolute Gasteiger partial charge is 0.351 e. The average Bonchev–Trinajstić information content (AvgIpc) is 2.32. The quantitative estimate of drug-likeness (QED) is 0.702. The Morgan fingerprint density at radius 3 is 2.72 bits per heavy atom.